The van der Waals surface area contributed by atoms with E-state index in [1.165, 1.54) is 51.4 Å². The van der Waals surface area contributed by atoms with E-state index in [1.54, 1.807) is 0 Å². The molecule has 1 N–H and O–H groups in total. The monoisotopic (exact) mass is 428 g/mol. The molecule has 1 aromatic carbocycles. The van der Waals surface area contributed by atoms with Crippen molar-refractivity contribution in [1.82, 2.24) is 0 Å². The summed E-state index contributed by atoms with van der Waals surface area (Å²) < 4.78 is 31.7. The Morgan fingerprint density at radius 1 is 0.840 bits per heavy atom. The maximum atomic E-state index is 11.3. The molecule has 1 aromatic rings. The van der Waals surface area contributed by atoms with Crippen LogP contribution in [-0.4, -0.2) is 13.0 Å². The summed E-state index contributed by atoms with van der Waals surface area (Å²) in [5.74, 6) is 0. The Hall–Kier alpha value is -0.000000000000000111. The van der Waals surface area contributed by atoms with Gasteiger partial charge in [-0.15, -0.1) is 0 Å². The molecule has 0 radical (unpaired) electrons. The van der Waals surface area contributed by atoms with E-state index in [1.807, 2.05) is 0 Å². The first kappa shape index (κ1) is 23.0. The Labute approximate surface area is 166 Å². The molecule has 0 unspecified atom stereocenters. The third-order valence-corrected chi connectivity index (χ3v) is 6.51. The van der Waals surface area contributed by atoms with Crippen molar-refractivity contribution >= 4 is 44.9 Å². The van der Waals surface area contributed by atoms with Crippen LogP contribution in [0.15, 0.2) is 11.0 Å². The fourth-order valence-corrected chi connectivity index (χ4v) is 4.64. The molecule has 0 fully saturated rings. The van der Waals surface area contributed by atoms with Crippen molar-refractivity contribution in [2.45, 2.75) is 82.4 Å². The minimum absolute atomic E-state index is 0.109. The highest BCUT2D eigenvalue weighted by Gasteiger charge is 2.21. The van der Waals surface area contributed by atoms with Crippen LogP contribution in [0.2, 0.25) is 15.1 Å². The van der Waals surface area contributed by atoms with Gasteiger partial charge in [0.1, 0.15) is 4.90 Å². The minimum atomic E-state index is -4.44. The lowest BCUT2D eigenvalue weighted by Crippen LogP contribution is -2.02. The van der Waals surface area contributed by atoms with Crippen LogP contribution in [0.3, 0.4) is 0 Å². The first-order valence-electron chi connectivity index (χ1n) is 8.92. The molecule has 0 atom stereocenters. The molecule has 0 aliphatic heterocycles. The minimum Gasteiger partial charge on any atom is -0.282 e. The van der Waals surface area contributed by atoms with Gasteiger partial charge in [0, 0.05) is 5.02 Å². The normalized spacial score (nSPS) is 11.9. The van der Waals surface area contributed by atoms with Gasteiger partial charge >= 0.3 is 0 Å². The molecule has 0 bridgehead atoms. The Morgan fingerprint density at radius 2 is 1.32 bits per heavy atom. The third-order valence-electron chi connectivity index (χ3n) is 4.28. The van der Waals surface area contributed by atoms with Crippen LogP contribution >= 0.6 is 34.8 Å². The quantitative estimate of drug-likeness (QED) is 0.214. The Balaban J connectivity index is 2.40. The van der Waals surface area contributed by atoms with Crippen molar-refractivity contribution < 1.29 is 13.0 Å². The van der Waals surface area contributed by atoms with E-state index in [2.05, 4.69) is 6.92 Å². The second kappa shape index (κ2) is 11.7. The molecule has 0 spiro atoms. The van der Waals surface area contributed by atoms with E-state index in [4.69, 9.17) is 39.4 Å². The van der Waals surface area contributed by atoms with Gasteiger partial charge in [0.25, 0.3) is 10.1 Å². The second-order valence-electron chi connectivity index (χ2n) is 6.37. The Bertz CT molecular complexity index is 645. The number of rotatable bonds is 12. The lowest BCUT2D eigenvalue weighted by atomic mass is 10.0. The van der Waals surface area contributed by atoms with Crippen LogP contribution in [0.1, 0.15) is 76.7 Å². The van der Waals surface area contributed by atoms with Crippen molar-refractivity contribution in [1.29, 1.82) is 0 Å². The highest BCUT2D eigenvalue weighted by molar-refractivity contribution is 7.86. The average Bonchev–Trinajstić information content (AvgIpc) is 2.54. The van der Waals surface area contributed by atoms with Gasteiger partial charge < -0.3 is 0 Å². The molecule has 144 valence electrons. The number of hydrogen-bond acceptors (Lipinski definition) is 2. The van der Waals surface area contributed by atoms with E-state index in [0.717, 1.165) is 18.9 Å². The van der Waals surface area contributed by atoms with Crippen LogP contribution in [-0.2, 0) is 16.5 Å². The summed E-state index contributed by atoms with van der Waals surface area (Å²) >= 11 is 18.2. The van der Waals surface area contributed by atoms with E-state index in [9.17, 15) is 8.42 Å². The maximum absolute atomic E-state index is 11.3. The summed E-state index contributed by atoms with van der Waals surface area (Å²) in [5.41, 5.74) is 0.639. The predicted molar refractivity (Wildman–Crippen MR) is 107 cm³/mol. The summed E-state index contributed by atoms with van der Waals surface area (Å²) in [7, 11) is -4.44. The fourth-order valence-electron chi connectivity index (χ4n) is 2.82. The molecule has 0 aromatic heterocycles. The topological polar surface area (TPSA) is 54.4 Å². The zero-order valence-corrected chi connectivity index (χ0v) is 17.7. The smallest absolute Gasteiger partial charge is 0.282 e. The van der Waals surface area contributed by atoms with Crippen molar-refractivity contribution in [3.63, 3.8) is 0 Å². The molecule has 3 nitrogen and oxygen atoms in total. The van der Waals surface area contributed by atoms with Gasteiger partial charge in [0.15, 0.2) is 0 Å². The van der Waals surface area contributed by atoms with Gasteiger partial charge in [0.05, 0.1) is 10.0 Å². The number of halogens is 3. The largest absolute Gasteiger partial charge is 0.296 e. The van der Waals surface area contributed by atoms with Gasteiger partial charge in [-0.25, -0.2) is 0 Å². The average molecular weight is 430 g/mol. The second-order valence-corrected chi connectivity index (χ2v) is 8.92. The first-order chi connectivity index (χ1) is 11.8. The van der Waals surface area contributed by atoms with Crippen LogP contribution in [0.5, 0.6) is 0 Å². The number of unbranched alkanes of at least 4 members (excludes halogenated alkanes) is 9. The van der Waals surface area contributed by atoms with E-state index in [-0.39, 0.29) is 15.1 Å². The standard InChI is InChI=1S/C18H27Cl3O3S/c1-2-3-4-5-6-7-8-9-10-11-12-14-15(19)13-16(25(22,23)24)18(21)17(14)20/h13H,2-12H2,1H3,(H,22,23,24). The SMILES string of the molecule is CCCCCCCCCCCCc1c(Cl)cc(S(=O)(=O)O)c(Cl)c1Cl. The molecular formula is C18H27Cl3O3S. The first-order valence-corrected chi connectivity index (χ1v) is 11.5. The van der Waals surface area contributed by atoms with E-state index in [0.29, 0.717) is 12.0 Å². The zero-order valence-electron chi connectivity index (χ0n) is 14.7. The van der Waals surface area contributed by atoms with Crippen LogP contribution in [0.4, 0.5) is 0 Å². The lowest BCUT2D eigenvalue weighted by molar-refractivity contribution is 0.483. The molecule has 0 aliphatic rings. The van der Waals surface area contributed by atoms with Gasteiger partial charge in [-0.3, -0.25) is 4.55 Å². The molecule has 0 aliphatic carbocycles. The van der Waals surface area contributed by atoms with E-state index < -0.39 is 15.0 Å². The van der Waals surface area contributed by atoms with Gasteiger partial charge in [-0.2, -0.15) is 8.42 Å². The molecule has 7 heteroatoms. The zero-order chi connectivity index (χ0) is 18.9. The van der Waals surface area contributed by atoms with E-state index >= 15 is 0 Å². The van der Waals surface area contributed by atoms with Crippen molar-refractivity contribution in [3.8, 4) is 0 Å². The molecule has 0 amide bonds. The molecule has 0 heterocycles. The van der Waals surface area contributed by atoms with Gasteiger partial charge in [-0.05, 0) is 24.5 Å². The Morgan fingerprint density at radius 3 is 1.80 bits per heavy atom. The highest BCUT2D eigenvalue weighted by atomic mass is 35.5. The highest BCUT2D eigenvalue weighted by Crippen LogP contribution is 2.37. The summed E-state index contributed by atoms with van der Waals surface area (Å²) in [5, 5.41) is 0.159. The maximum Gasteiger partial charge on any atom is 0.296 e. The van der Waals surface area contributed by atoms with Crippen molar-refractivity contribution in [2.75, 3.05) is 0 Å². The van der Waals surface area contributed by atoms with Crippen molar-refractivity contribution in [2.24, 2.45) is 0 Å². The molecular weight excluding hydrogens is 403 g/mol. The van der Waals surface area contributed by atoms with Crippen molar-refractivity contribution in [3.05, 3.63) is 26.7 Å². The van der Waals surface area contributed by atoms with Crippen LogP contribution in [0, 0.1) is 0 Å². The van der Waals surface area contributed by atoms with Crippen LogP contribution in [0.25, 0.3) is 0 Å². The van der Waals surface area contributed by atoms with Gasteiger partial charge in [0.2, 0.25) is 0 Å². The predicted octanol–water partition coefficient (Wildman–Crippen LogP) is 7.36. The summed E-state index contributed by atoms with van der Waals surface area (Å²) in [6, 6.07) is 1.16. The number of hydrogen-bond donors (Lipinski definition) is 1. The number of benzene rings is 1. The summed E-state index contributed by atoms with van der Waals surface area (Å²) in [6.07, 6.45) is 12.9. The Kier molecular flexibility index (Phi) is 10.7. The summed E-state index contributed by atoms with van der Waals surface area (Å²) in [4.78, 5) is -0.448. The molecule has 25 heavy (non-hydrogen) atoms. The molecule has 0 saturated carbocycles. The van der Waals surface area contributed by atoms with Crippen LogP contribution < -0.4 is 0 Å². The third kappa shape index (κ3) is 8.04. The molecule has 0 saturated heterocycles. The fraction of sp³-hybridized carbons (Fsp3) is 0.667. The summed E-state index contributed by atoms with van der Waals surface area (Å²) in [6.45, 7) is 2.22. The lowest BCUT2D eigenvalue weighted by Gasteiger charge is -2.11. The molecule has 1 rings (SSSR count). The van der Waals surface area contributed by atoms with Gasteiger partial charge in [-0.1, -0.05) is 99.5 Å².